The van der Waals surface area contributed by atoms with Crippen LogP contribution in [-0.4, -0.2) is 44.1 Å². The zero-order valence-corrected chi connectivity index (χ0v) is 33.1. The van der Waals surface area contributed by atoms with E-state index >= 15 is 0 Å². The molecule has 5 unspecified atom stereocenters. The molecular formula is C42H73ClN2O2. The van der Waals surface area contributed by atoms with Gasteiger partial charge in [0.2, 0.25) is 5.91 Å². The summed E-state index contributed by atoms with van der Waals surface area (Å²) in [5.74, 6) is 2.90. The predicted molar refractivity (Wildman–Crippen MR) is 210 cm³/mol. The molecular weight excluding hydrogens is 600 g/mol. The van der Waals surface area contributed by atoms with Crippen molar-refractivity contribution in [2.75, 3.05) is 33.3 Å². The van der Waals surface area contributed by atoms with Gasteiger partial charge in [-0.2, -0.15) is 0 Å². The summed E-state index contributed by atoms with van der Waals surface area (Å²) in [6.45, 7) is 36.2. The van der Waals surface area contributed by atoms with E-state index in [1.165, 1.54) is 36.8 Å². The zero-order chi connectivity index (χ0) is 36.4. The maximum atomic E-state index is 12.0. The highest BCUT2D eigenvalue weighted by Gasteiger charge is 2.39. The first kappa shape index (κ1) is 46.8. The molecule has 5 atom stereocenters. The van der Waals surface area contributed by atoms with E-state index in [9.17, 15) is 4.79 Å². The van der Waals surface area contributed by atoms with Gasteiger partial charge in [0.15, 0.2) is 0 Å². The molecule has 1 aliphatic rings. The molecule has 0 fully saturated rings. The van der Waals surface area contributed by atoms with E-state index in [0.717, 1.165) is 37.4 Å². The topological polar surface area (TPSA) is 41.6 Å². The minimum absolute atomic E-state index is 0.0793. The summed E-state index contributed by atoms with van der Waals surface area (Å²) < 4.78 is 6.18. The van der Waals surface area contributed by atoms with Crippen LogP contribution in [0.5, 0.6) is 0 Å². The van der Waals surface area contributed by atoms with Crippen LogP contribution in [0.1, 0.15) is 119 Å². The average Bonchev–Trinajstić information content (AvgIpc) is 3.10. The molecule has 0 saturated heterocycles. The molecule has 0 bridgehead atoms. The predicted octanol–water partition coefficient (Wildman–Crippen LogP) is 11.6. The van der Waals surface area contributed by atoms with Crippen LogP contribution in [0.3, 0.4) is 0 Å². The van der Waals surface area contributed by atoms with Gasteiger partial charge in [0.1, 0.15) is 5.76 Å². The Hall–Kier alpha value is -2.30. The van der Waals surface area contributed by atoms with Gasteiger partial charge in [0, 0.05) is 43.2 Å². The third kappa shape index (κ3) is 17.6. The van der Waals surface area contributed by atoms with Crippen LogP contribution in [0.25, 0.3) is 0 Å². The minimum Gasteiger partial charge on any atom is -0.493 e. The van der Waals surface area contributed by atoms with Crippen LogP contribution < -0.4 is 5.32 Å². The third-order valence-corrected chi connectivity index (χ3v) is 9.50. The fraction of sp³-hybridized carbons (Fsp3) is 0.643. The second-order valence-corrected chi connectivity index (χ2v) is 12.9. The lowest BCUT2D eigenvalue weighted by atomic mass is 9.70. The summed E-state index contributed by atoms with van der Waals surface area (Å²) >= 11 is 6.41. The Labute approximate surface area is 297 Å². The second-order valence-electron chi connectivity index (χ2n) is 12.4. The normalized spacial score (nSPS) is 17.6. The number of unbranched alkanes of at least 4 members (excludes halogenated alkanes) is 1. The van der Waals surface area contributed by atoms with Gasteiger partial charge in [-0.1, -0.05) is 138 Å². The SMILES string of the molecule is C=CC(=C)OCC1(CN(C/C=C/C(=O)NC)CC(C)C(C)CCCCC(C)C(C)C=C)CCCc2cc(Cl)ccc21.CC.CC.CC. The van der Waals surface area contributed by atoms with E-state index in [4.69, 9.17) is 16.3 Å². The second kappa shape index (κ2) is 27.6. The van der Waals surface area contributed by atoms with Gasteiger partial charge < -0.3 is 10.1 Å². The van der Waals surface area contributed by atoms with E-state index < -0.39 is 0 Å². The van der Waals surface area contributed by atoms with Crippen molar-refractivity contribution in [1.82, 2.24) is 10.2 Å². The number of carbonyl (C=O) groups excluding carboxylic acids is 1. The molecule has 1 N–H and O–H groups in total. The summed E-state index contributed by atoms with van der Waals surface area (Å²) in [5, 5.41) is 3.46. The Kier molecular flexibility index (Phi) is 27.5. The number of benzene rings is 1. The summed E-state index contributed by atoms with van der Waals surface area (Å²) in [6, 6.07) is 6.31. The number of fused-ring (bicyclic) bond motifs is 1. The molecule has 1 aromatic carbocycles. The van der Waals surface area contributed by atoms with Crippen molar-refractivity contribution >= 4 is 17.5 Å². The number of hydrogen-bond acceptors (Lipinski definition) is 3. The van der Waals surface area contributed by atoms with Crippen molar-refractivity contribution in [2.24, 2.45) is 23.7 Å². The molecule has 1 aliphatic carbocycles. The molecule has 1 amide bonds. The molecule has 0 heterocycles. The fourth-order valence-corrected chi connectivity index (χ4v) is 6.21. The van der Waals surface area contributed by atoms with Gasteiger partial charge in [-0.25, -0.2) is 0 Å². The van der Waals surface area contributed by atoms with E-state index in [1.807, 2.05) is 53.7 Å². The molecule has 0 aromatic heterocycles. The highest BCUT2D eigenvalue weighted by Crippen LogP contribution is 2.40. The van der Waals surface area contributed by atoms with Crippen molar-refractivity contribution in [3.63, 3.8) is 0 Å². The number of likely N-dealkylation sites (N-methyl/N-ethyl adjacent to an activating group) is 1. The van der Waals surface area contributed by atoms with Gasteiger partial charge in [-0.05, 0) is 72.3 Å². The lowest BCUT2D eigenvalue weighted by molar-refractivity contribution is -0.116. The number of nitrogens with zero attached hydrogens (tertiary/aromatic N) is 1. The lowest BCUT2D eigenvalue weighted by Crippen LogP contribution is -2.48. The highest BCUT2D eigenvalue weighted by molar-refractivity contribution is 6.30. The molecule has 2 rings (SSSR count). The molecule has 0 spiro atoms. The largest absolute Gasteiger partial charge is 0.493 e. The van der Waals surface area contributed by atoms with Crippen LogP contribution in [-0.2, 0) is 21.4 Å². The van der Waals surface area contributed by atoms with Gasteiger partial charge in [-0.3, -0.25) is 9.69 Å². The van der Waals surface area contributed by atoms with Crippen LogP contribution in [0.4, 0.5) is 0 Å². The molecule has 1 aromatic rings. The Morgan fingerprint density at radius 1 is 1.02 bits per heavy atom. The standard InChI is InChI=1S/C36H55ClN2O2.3C2H6/c1-9-27(3)28(4)15-11-12-16-29(5)30(6)24-39(22-14-18-35(40)38-8)25-36(26-41-31(7)10-2)21-13-17-32-23-33(37)19-20-34(32)36;3*1-2/h9-10,14,18-20,23,27-30H,1-2,7,11-13,15-17,21-22,24-26H2,3-6,8H3,(H,38,40);3*1-2H3/b18-14+;;;. The van der Waals surface area contributed by atoms with Gasteiger partial charge >= 0.3 is 0 Å². The van der Waals surface area contributed by atoms with E-state index in [1.54, 1.807) is 19.2 Å². The summed E-state index contributed by atoms with van der Waals surface area (Å²) in [6.07, 6.45) is 15.5. The van der Waals surface area contributed by atoms with Crippen LogP contribution in [0, 0.1) is 23.7 Å². The number of amides is 1. The number of nitrogens with one attached hydrogen (secondary N) is 1. The van der Waals surface area contributed by atoms with E-state index in [-0.39, 0.29) is 11.3 Å². The summed E-state index contributed by atoms with van der Waals surface area (Å²) in [7, 11) is 1.66. The van der Waals surface area contributed by atoms with Gasteiger partial charge in [0.05, 0.1) is 6.61 Å². The number of rotatable bonds is 19. The number of hydrogen-bond donors (Lipinski definition) is 1. The van der Waals surface area contributed by atoms with Crippen LogP contribution >= 0.6 is 11.6 Å². The van der Waals surface area contributed by atoms with Crippen molar-refractivity contribution in [2.45, 2.75) is 120 Å². The first-order valence-electron chi connectivity index (χ1n) is 18.5. The number of carbonyl (C=O) groups is 1. The first-order chi connectivity index (χ1) is 22.5. The molecule has 0 aliphatic heterocycles. The molecule has 270 valence electrons. The Balaban J connectivity index is 0. The number of allylic oxidation sites excluding steroid dienone is 2. The summed E-state index contributed by atoms with van der Waals surface area (Å²) in [4.78, 5) is 14.5. The smallest absolute Gasteiger partial charge is 0.243 e. The van der Waals surface area contributed by atoms with E-state index in [0.29, 0.717) is 42.6 Å². The number of halogens is 1. The van der Waals surface area contributed by atoms with Crippen molar-refractivity contribution < 1.29 is 9.53 Å². The van der Waals surface area contributed by atoms with Crippen LogP contribution in [0.2, 0.25) is 5.02 Å². The number of aryl methyl sites for hydroxylation is 1. The fourth-order valence-electron chi connectivity index (χ4n) is 6.01. The van der Waals surface area contributed by atoms with Crippen LogP contribution in [0.15, 0.2) is 68.0 Å². The van der Waals surface area contributed by atoms with Gasteiger partial charge in [-0.15, -0.1) is 6.58 Å². The molecule has 47 heavy (non-hydrogen) atoms. The zero-order valence-electron chi connectivity index (χ0n) is 32.4. The van der Waals surface area contributed by atoms with Crippen molar-refractivity contribution in [3.8, 4) is 0 Å². The molecule has 4 nitrogen and oxygen atoms in total. The monoisotopic (exact) mass is 673 g/mol. The molecule has 0 saturated carbocycles. The minimum atomic E-state index is -0.202. The van der Waals surface area contributed by atoms with Crippen molar-refractivity contribution in [1.29, 1.82) is 0 Å². The maximum Gasteiger partial charge on any atom is 0.243 e. The molecule has 0 radical (unpaired) electrons. The Bertz CT molecular complexity index is 1040. The lowest BCUT2D eigenvalue weighted by Gasteiger charge is -2.43. The highest BCUT2D eigenvalue weighted by atomic mass is 35.5. The third-order valence-electron chi connectivity index (χ3n) is 9.26. The summed E-state index contributed by atoms with van der Waals surface area (Å²) in [5.41, 5.74) is 2.42. The van der Waals surface area contributed by atoms with Gasteiger partial charge in [0.25, 0.3) is 0 Å². The first-order valence-corrected chi connectivity index (χ1v) is 18.9. The van der Waals surface area contributed by atoms with Crippen molar-refractivity contribution in [3.05, 3.63) is 84.1 Å². The maximum absolute atomic E-state index is 12.0. The van der Waals surface area contributed by atoms with E-state index in [2.05, 4.69) is 75.9 Å². The number of ether oxygens (including phenoxy) is 1. The quantitative estimate of drug-likeness (QED) is 0.0523. The Morgan fingerprint density at radius 2 is 1.64 bits per heavy atom. The molecule has 5 heteroatoms. The Morgan fingerprint density at radius 3 is 2.21 bits per heavy atom. The average molecular weight is 674 g/mol.